The summed E-state index contributed by atoms with van der Waals surface area (Å²) in [5, 5.41) is 0. The second-order valence-electron chi connectivity index (χ2n) is 6.74. The minimum atomic E-state index is -0.556. The second-order valence-corrected chi connectivity index (χ2v) is 10.5. The first-order valence-corrected chi connectivity index (χ1v) is 15.6. The molecule has 0 aromatic rings. The number of nitrogens with one attached hydrogen (secondary N) is 1. The van der Waals surface area contributed by atoms with Crippen LogP contribution in [0.15, 0.2) is 60.3 Å². The minimum Gasteiger partial charge on any atom is 4.00 e. The first-order chi connectivity index (χ1) is 13.0. The quantitative estimate of drug-likeness (QED) is 0.240. The molecule has 1 N–H and O–H groups in total. The Labute approximate surface area is 245 Å². The van der Waals surface area contributed by atoms with Crippen LogP contribution < -0.4 is 24.8 Å². The van der Waals surface area contributed by atoms with Crippen molar-refractivity contribution in [1.82, 2.24) is 0 Å². The summed E-state index contributed by atoms with van der Waals surface area (Å²) in [7, 11) is 10.5. The SMILES string of the molecule is C=C(C)C=C([CH2-])C.CC(C)(C)[NH-].C[SiH]C.[C-]1=CC=CC1.[C-]1=CC=CC1.[Cl-].[Cl-].[Cl][Ti][Cl].[Zr+4]. The fraction of sp³-hybridized carbons (Fsp3) is 0.435. The molecule has 1 radical (unpaired) electrons. The fourth-order valence-corrected chi connectivity index (χ4v) is 1.10. The van der Waals surface area contributed by atoms with Crippen LogP contribution in [0, 0.1) is 19.1 Å². The predicted octanol–water partition coefficient (Wildman–Crippen LogP) is 2.69. The van der Waals surface area contributed by atoms with Gasteiger partial charge in [0.15, 0.2) is 0 Å². The smallest absolute Gasteiger partial charge is 4.00 e. The maximum Gasteiger partial charge on any atom is 4.00 e. The van der Waals surface area contributed by atoms with E-state index in [0.29, 0.717) is 0 Å². The summed E-state index contributed by atoms with van der Waals surface area (Å²) in [6.07, 6.45) is 21.9. The Morgan fingerprint density at radius 1 is 1.06 bits per heavy atom. The standard InChI is InChI=1S/C7H11.2C5H5.C4H10N.C2H7Si.4ClH.Ti.Zr/c1-6(2)5-7(3)4;2*1-2-4-5-3-1;1-4(2,3)5;1-3-2;;;;;;/h5H,1,3H2,2,4H3;2*1-3H,4H2;5H,1-3H3;3H,1-2H3;4*1H;;/q4*-1;;;;;;+2;+4/p-4. The molecule has 0 atom stereocenters. The molecule has 0 aromatic heterocycles. The van der Waals surface area contributed by atoms with Crippen LogP contribution in [0.25, 0.3) is 5.73 Å². The Hall–Kier alpha value is 1.24. The molecule has 177 valence electrons. The van der Waals surface area contributed by atoms with Crippen molar-refractivity contribution in [3.05, 3.63) is 85.1 Å². The molecule has 0 saturated carbocycles. The van der Waals surface area contributed by atoms with Gasteiger partial charge in [-0.05, 0) is 0 Å². The summed E-state index contributed by atoms with van der Waals surface area (Å²) in [5.74, 6) is 0. The van der Waals surface area contributed by atoms with Crippen LogP contribution in [0.2, 0.25) is 13.1 Å². The zero-order valence-electron chi connectivity index (χ0n) is 20.0. The zero-order chi connectivity index (χ0) is 22.8. The Bertz CT molecular complexity index is 432. The third-order valence-corrected chi connectivity index (χ3v) is 1.66. The van der Waals surface area contributed by atoms with E-state index in [1.54, 1.807) is 0 Å². The largest absolute Gasteiger partial charge is 4.00 e. The van der Waals surface area contributed by atoms with Gasteiger partial charge in [0.25, 0.3) is 0 Å². The topological polar surface area (TPSA) is 23.8 Å². The van der Waals surface area contributed by atoms with Gasteiger partial charge < -0.3 is 30.5 Å². The molecule has 0 unspecified atom stereocenters. The third kappa shape index (κ3) is 115. The van der Waals surface area contributed by atoms with Gasteiger partial charge in [0, 0.05) is 9.52 Å². The van der Waals surface area contributed by atoms with Gasteiger partial charge in [-0.2, -0.15) is 12.2 Å². The molecular formula is C23H38Cl4NSiTiZr-2. The van der Waals surface area contributed by atoms with Crippen LogP contribution in [0.5, 0.6) is 0 Å². The second kappa shape index (κ2) is 41.5. The minimum absolute atomic E-state index is 0. The molecule has 8 heteroatoms. The normalized spacial score (nSPS) is 11.2. The van der Waals surface area contributed by atoms with E-state index in [4.69, 9.17) is 24.3 Å². The molecule has 31 heavy (non-hydrogen) atoms. The van der Waals surface area contributed by atoms with Crippen LogP contribution in [0.3, 0.4) is 0 Å². The molecule has 0 aromatic carbocycles. The molecule has 0 bridgehead atoms. The van der Waals surface area contributed by atoms with Crippen molar-refractivity contribution in [1.29, 1.82) is 0 Å². The Morgan fingerprint density at radius 3 is 1.35 bits per heavy atom. The molecule has 2 aliphatic rings. The van der Waals surface area contributed by atoms with Crippen molar-refractivity contribution in [3.8, 4) is 0 Å². The number of hydrogen-bond acceptors (Lipinski definition) is 0. The maximum atomic E-state index is 6.94. The van der Waals surface area contributed by atoms with E-state index in [0.717, 1.165) is 33.5 Å². The Balaban J connectivity index is -0.0000000447. The van der Waals surface area contributed by atoms with Crippen molar-refractivity contribution < 1.29 is 68.0 Å². The van der Waals surface area contributed by atoms with E-state index < -0.39 is 17.0 Å². The average molecular weight is 638 g/mol. The molecule has 0 saturated heterocycles. The molecule has 2 rings (SSSR count). The van der Waals surface area contributed by atoms with Crippen LogP contribution in [0.1, 0.15) is 47.5 Å². The van der Waals surface area contributed by atoms with E-state index in [2.05, 4.69) is 50.9 Å². The third-order valence-electron chi connectivity index (χ3n) is 1.66. The summed E-state index contributed by atoms with van der Waals surface area (Å²) < 4.78 is 0. The Morgan fingerprint density at radius 2 is 1.32 bits per heavy atom. The van der Waals surface area contributed by atoms with Gasteiger partial charge in [-0.15, -0.1) is 30.5 Å². The predicted molar refractivity (Wildman–Crippen MR) is 132 cm³/mol. The van der Waals surface area contributed by atoms with Crippen molar-refractivity contribution >= 4 is 28.1 Å². The van der Waals surface area contributed by atoms with Crippen LogP contribution >= 0.6 is 18.6 Å². The molecule has 0 fully saturated rings. The van der Waals surface area contributed by atoms with Crippen molar-refractivity contribution in [3.63, 3.8) is 0 Å². The van der Waals surface area contributed by atoms with Crippen molar-refractivity contribution in [2.45, 2.75) is 66.1 Å². The molecule has 0 spiro atoms. The van der Waals surface area contributed by atoms with Gasteiger partial charge in [0.2, 0.25) is 0 Å². The molecular weight excluding hydrogens is 599 g/mol. The average Bonchev–Trinajstić information content (AvgIpc) is 3.26. The van der Waals surface area contributed by atoms with Gasteiger partial charge in [-0.1, -0.05) is 47.7 Å². The monoisotopic (exact) mass is 634 g/mol. The van der Waals surface area contributed by atoms with Gasteiger partial charge in [0.1, 0.15) is 0 Å². The summed E-state index contributed by atoms with van der Waals surface area (Å²) >= 11 is -0.556. The van der Waals surface area contributed by atoms with E-state index >= 15 is 0 Å². The molecule has 0 aliphatic heterocycles. The van der Waals surface area contributed by atoms with E-state index in [1.807, 2.05) is 65.0 Å². The maximum absolute atomic E-state index is 6.94. The van der Waals surface area contributed by atoms with Crippen molar-refractivity contribution in [2.75, 3.05) is 0 Å². The van der Waals surface area contributed by atoms with E-state index in [-0.39, 0.29) is 56.6 Å². The van der Waals surface area contributed by atoms with Crippen LogP contribution in [0.4, 0.5) is 0 Å². The number of allylic oxidation sites excluding steroid dienone is 11. The molecule has 0 amide bonds. The first-order valence-electron chi connectivity index (χ1n) is 9.00. The molecule has 0 heterocycles. The summed E-state index contributed by atoms with van der Waals surface area (Å²) in [6, 6.07) is 0. The fourth-order valence-electron chi connectivity index (χ4n) is 1.10. The number of halogens is 4. The molecule has 1 nitrogen and oxygen atoms in total. The van der Waals surface area contributed by atoms with Crippen LogP contribution in [-0.4, -0.2) is 15.1 Å². The van der Waals surface area contributed by atoms with E-state index in [1.165, 1.54) is 0 Å². The van der Waals surface area contributed by atoms with E-state index in [9.17, 15) is 0 Å². The number of hydrogen-bond donors (Lipinski definition) is 0. The Kier molecular flexibility index (Phi) is 66.1. The number of rotatable bonds is 1. The summed E-state index contributed by atoms with van der Waals surface area (Å²) in [6.45, 7) is 21.2. The van der Waals surface area contributed by atoms with Gasteiger partial charge >= 0.3 is 61.8 Å². The first kappa shape index (κ1) is 49.4. The summed E-state index contributed by atoms with van der Waals surface area (Å²) in [5.41, 5.74) is 8.81. The van der Waals surface area contributed by atoms with Gasteiger partial charge in [-0.25, -0.2) is 42.9 Å². The van der Waals surface area contributed by atoms with Crippen LogP contribution in [-0.2, 0) is 43.2 Å². The zero-order valence-corrected chi connectivity index (χ0v) is 28.2. The van der Waals surface area contributed by atoms with Gasteiger partial charge in [0.05, 0.1) is 0 Å². The van der Waals surface area contributed by atoms with Crippen molar-refractivity contribution in [2.24, 2.45) is 0 Å². The summed E-state index contributed by atoms with van der Waals surface area (Å²) in [4.78, 5) is 0. The van der Waals surface area contributed by atoms with Gasteiger partial charge in [-0.3, -0.25) is 12.2 Å². The molecule has 2 aliphatic carbocycles.